The van der Waals surface area contributed by atoms with Crippen LogP contribution in [0.4, 0.5) is 5.69 Å². The number of carbonyl (C=O) groups excluding carboxylic acids is 1. The van der Waals surface area contributed by atoms with Gasteiger partial charge in [-0.2, -0.15) is 0 Å². The molecular weight excluding hydrogens is 406 g/mol. The van der Waals surface area contributed by atoms with Gasteiger partial charge in [0.25, 0.3) is 15.9 Å². The molecular formula is C21H29N3O5S. The van der Waals surface area contributed by atoms with Gasteiger partial charge in [-0.05, 0) is 61.6 Å². The van der Waals surface area contributed by atoms with Crippen molar-refractivity contribution >= 4 is 21.6 Å². The number of ether oxygens (including phenoxy) is 1. The zero-order valence-corrected chi connectivity index (χ0v) is 18.6. The van der Waals surface area contributed by atoms with Crippen molar-refractivity contribution in [2.24, 2.45) is 0 Å². The van der Waals surface area contributed by atoms with Crippen molar-refractivity contribution in [1.82, 2.24) is 9.37 Å². The lowest BCUT2D eigenvalue weighted by Crippen LogP contribution is -2.27. The van der Waals surface area contributed by atoms with Crippen molar-refractivity contribution in [2.75, 3.05) is 45.7 Å². The second kappa shape index (κ2) is 11.1. The average Bonchev–Trinajstić information content (AvgIpc) is 2.77. The predicted molar refractivity (Wildman–Crippen MR) is 116 cm³/mol. The van der Waals surface area contributed by atoms with E-state index >= 15 is 0 Å². The quantitative estimate of drug-likeness (QED) is 0.546. The van der Waals surface area contributed by atoms with Gasteiger partial charge in [-0.1, -0.05) is 18.3 Å². The van der Waals surface area contributed by atoms with E-state index in [0.29, 0.717) is 17.9 Å². The Morgan fingerprint density at radius 3 is 2.13 bits per heavy atom. The third-order valence-electron chi connectivity index (χ3n) is 4.69. The Morgan fingerprint density at radius 1 is 1.00 bits per heavy atom. The van der Waals surface area contributed by atoms with Crippen LogP contribution in [0, 0.1) is 0 Å². The maximum Gasteiger partial charge on any atom is 0.264 e. The number of benzene rings is 2. The van der Waals surface area contributed by atoms with Gasteiger partial charge in [0, 0.05) is 24.8 Å². The van der Waals surface area contributed by atoms with Crippen molar-refractivity contribution in [3.8, 4) is 5.75 Å². The Morgan fingerprint density at radius 2 is 1.60 bits per heavy atom. The molecule has 0 aliphatic carbocycles. The summed E-state index contributed by atoms with van der Waals surface area (Å²) in [7, 11) is -1.19. The highest BCUT2D eigenvalue weighted by molar-refractivity contribution is 7.89. The molecule has 0 saturated heterocycles. The van der Waals surface area contributed by atoms with Crippen molar-refractivity contribution in [2.45, 2.75) is 18.7 Å². The zero-order chi connectivity index (χ0) is 22.1. The first-order valence-electron chi connectivity index (χ1n) is 9.71. The minimum absolute atomic E-state index is 0.0367. The van der Waals surface area contributed by atoms with Gasteiger partial charge < -0.3 is 15.0 Å². The number of hydroxylamine groups is 1. The Bertz CT molecular complexity index is 911. The number of amides is 1. The monoisotopic (exact) mass is 435 g/mol. The molecule has 2 aromatic rings. The minimum atomic E-state index is -3.75. The highest BCUT2D eigenvalue weighted by Crippen LogP contribution is 2.18. The molecule has 2 rings (SSSR count). The standard InChI is InChI=1S/C21H29N3O5S/c1-5-24(6-2)15-16-29-19-11-9-18(10-12-19)22-21(25)17-7-13-20(14-8-17)30(26,27)23(3)28-4/h7-14H,5-6,15-16H2,1-4H3,(H,22,25). The zero-order valence-electron chi connectivity index (χ0n) is 17.8. The lowest BCUT2D eigenvalue weighted by molar-refractivity contribution is -0.0258. The van der Waals surface area contributed by atoms with Crippen molar-refractivity contribution in [3.05, 3.63) is 54.1 Å². The van der Waals surface area contributed by atoms with Crippen LogP contribution in [0.25, 0.3) is 0 Å². The SMILES string of the molecule is CCN(CC)CCOc1ccc(NC(=O)c2ccc(S(=O)(=O)N(C)OC)cc2)cc1. The summed E-state index contributed by atoms with van der Waals surface area (Å²) < 4.78 is 30.9. The van der Waals surface area contributed by atoms with Crippen molar-refractivity contribution in [3.63, 3.8) is 0 Å². The van der Waals surface area contributed by atoms with Gasteiger partial charge in [0.05, 0.1) is 12.0 Å². The molecule has 8 nitrogen and oxygen atoms in total. The van der Waals surface area contributed by atoms with E-state index in [4.69, 9.17) is 9.57 Å². The molecule has 0 saturated carbocycles. The van der Waals surface area contributed by atoms with Gasteiger partial charge >= 0.3 is 0 Å². The average molecular weight is 436 g/mol. The van der Waals surface area contributed by atoms with E-state index in [1.807, 2.05) is 0 Å². The Kier molecular flexibility index (Phi) is 8.79. The third-order valence-corrected chi connectivity index (χ3v) is 6.39. The second-order valence-electron chi connectivity index (χ2n) is 6.48. The van der Waals surface area contributed by atoms with Crippen LogP contribution < -0.4 is 10.1 Å². The number of carbonyl (C=O) groups is 1. The number of likely N-dealkylation sites (N-methyl/N-ethyl adjacent to an activating group) is 1. The molecule has 1 amide bonds. The molecule has 0 unspecified atom stereocenters. The van der Waals surface area contributed by atoms with Crippen LogP contribution >= 0.6 is 0 Å². The number of sulfonamides is 1. The molecule has 0 radical (unpaired) electrons. The molecule has 0 fully saturated rings. The number of hydrogen-bond donors (Lipinski definition) is 1. The topological polar surface area (TPSA) is 88.2 Å². The molecule has 0 atom stereocenters. The molecule has 0 spiro atoms. The fourth-order valence-electron chi connectivity index (χ4n) is 2.70. The summed E-state index contributed by atoms with van der Waals surface area (Å²) in [5.41, 5.74) is 0.959. The van der Waals surface area contributed by atoms with E-state index in [1.54, 1.807) is 24.3 Å². The Labute approximate surface area is 178 Å². The molecule has 2 aromatic carbocycles. The number of hydrogen-bond acceptors (Lipinski definition) is 6. The van der Waals surface area contributed by atoms with Gasteiger partial charge in [0.2, 0.25) is 0 Å². The molecule has 0 heterocycles. The Hall–Kier alpha value is -2.46. The highest BCUT2D eigenvalue weighted by atomic mass is 32.2. The molecule has 1 N–H and O–H groups in total. The summed E-state index contributed by atoms with van der Waals surface area (Å²) in [5.74, 6) is 0.395. The first kappa shape index (κ1) is 23.8. The van der Waals surface area contributed by atoms with Crippen LogP contribution in [0.1, 0.15) is 24.2 Å². The summed E-state index contributed by atoms with van der Waals surface area (Å²) in [5, 5.41) is 2.78. The maximum atomic E-state index is 12.4. The number of nitrogens with one attached hydrogen (secondary N) is 1. The number of anilines is 1. The van der Waals surface area contributed by atoms with Gasteiger partial charge in [0.15, 0.2) is 0 Å². The molecule has 9 heteroatoms. The third kappa shape index (κ3) is 6.27. The molecule has 0 aliphatic rings. The molecule has 164 valence electrons. The van der Waals surface area contributed by atoms with Crippen LogP contribution in [-0.2, 0) is 14.9 Å². The van der Waals surface area contributed by atoms with Gasteiger partial charge in [-0.3, -0.25) is 9.63 Å². The summed E-state index contributed by atoms with van der Waals surface area (Å²) in [6.45, 7) is 7.66. The van der Waals surface area contributed by atoms with Gasteiger partial charge in [-0.25, -0.2) is 8.42 Å². The van der Waals surface area contributed by atoms with Crippen LogP contribution in [0.3, 0.4) is 0 Å². The van der Waals surface area contributed by atoms with E-state index in [9.17, 15) is 13.2 Å². The number of rotatable bonds is 11. The Balaban J connectivity index is 1.94. The van der Waals surface area contributed by atoms with Gasteiger partial charge in [0.1, 0.15) is 12.4 Å². The largest absolute Gasteiger partial charge is 0.492 e. The van der Waals surface area contributed by atoms with E-state index < -0.39 is 10.0 Å². The molecule has 0 aliphatic heterocycles. The normalized spacial score (nSPS) is 11.7. The second-order valence-corrected chi connectivity index (χ2v) is 8.41. The summed E-state index contributed by atoms with van der Waals surface area (Å²) in [4.78, 5) is 19.5. The maximum absolute atomic E-state index is 12.4. The first-order chi connectivity index (χ1) is 14.3. The highest BCUT2D eigenvalue weighted by Gasteiger charge is 2.21. The summed E-state index contributed by atoms with van der Waals surface area (Å²) >= 11 is 0. The lowest BCUT2D eigenvalue weighted by Gasteiger charge is -2.18. The van der Waals surface area contributed by atoms with E-state index in [1.165, 1.54) is 38.4 Å². The van der Waals surface area contributed by atoms with Crippen LogP contribution in [0.15, 0.2) is 53.4 Å². The van der Waals surface area contributed by atoms with E-state index in [-0.39, 0.29) is 10.8 Å². The van der Waals surface area contributed by atoms with Gasteiger partial charge in [-0.15, -0.1) is 0 Å². The van der Waals surface area contributed by atoms with Crippen LogP contribution in [0.2, 0.25) is 0 Å². The minimum Gasteiger partial charge on any atom is -0.492 e. The molecule has 0 bridgehead atoms. The lowest BCUT2D eigenvalue weighted by atomic mass is 10.2. The fraction of sp³-hybridized carbons (Fsp3) is 0.381. The van der Waals surface area contributed by atoms with E-state index in [2.05, 4.69) is 24.1 Å². The van der Waals surface area contributed by atoms with Crippen molar-refractivity contribution in [1.29, 1.82) is 0 Å². The van der Waals surface area contributed by atoms with Crippen LogP contribution in [-0.4, -0.2) is 64.1 Å². The van der Waals surface area contributed by atoms with E-state index in [0.717, 1.165) is 29.9 Å². The molecule has 0 aromatic heterocycles. The van der Waals surface area contributed by atoms with Crippen LogP contribution in [0.5, 0.6) is 5.75 Å². The summed E-state index contributed by atoms with van der Waals surface area (Å²) in [6.07, 6.45) is 0. The fourth-order valence-corrected chi connectivity index (χ4v) is 3.67. The van der Waals surface area contributed by atoms with Crippen molar-refractivity contribution < 1.29 is 22.8 Å². The first-order valence-corrected chi connectivity index (χ1v) is 11.2. The smallest absolute Gasteiger partial charge is 0.264 e. The molecule has 30 heavy (non-hydrogen) atoms. The summed E-state index contributed by atoms with van der Waals surface area (Å²) in [6, 6.07) is 12.8. The number of nitrogens with zero attached hydrogens (tertiary/aromatic N) is 2. The predicted octanol–water partition coefficient (Wildman–Crippen LogP) is 2.84.